The first-order valence-corrected chi connectivity index (χ1v) is 6.53. The van der Waals surface area contributed by atoms with Crippen molar-refractivity contribution in [1.29, 1.82) is 0 Å². The van der Waals surface area contributed by atoms with Crippen LogP contribution in [0.2, 0.25) is 0 Å². The number of ether oxygens (including phenoxy) is 1. The lowest BCUT2D eigenvalue weighted by Crippen LogP contribution is -2.08. The molecule has 1 aromatic heterocycles. The third-order valence-corrected chi connectivity index (χ3v) is 3.16. The van der Waals surface area contributed by atoms with Gasteiger partial charge in [-0.3, -0.25) is 0 Å². The van der Waals surface area contributed by atoms with Gasteiger partial charge in [0.2, 0.25) is 0 Å². The third kappa shape index (κ3) is 3.26. The molecular weight excluding hydrogens is 294 g/mol. The Hall–Kier alpha value is -1.49. The van der Waals surface area contributed by atoms with Crippen LogP contribution in [0.3, 0.4) is 0 Å². The van der Waals surface area contributed by atoms with E-state index in [4.69, 9.17) is 4.74 Å². The average molecular weight is 310 g/mol. The normalized spacial score (nSPS) is 10.4. The molecule has 0 fully saturated rings. The largest absolute Gasteiger partial charge is 0.497 e. The summed E-state index contributed by atoms with van der Waals surface area (Å²) in [5, 5.41) is 3.36. The second-order valence-corrected chi connectivity index (χ2v) is 4.93. The lowest BCUT2D eigenvalue weighted by molar-refractivity contribution is 0.414. The minimum absolute atomic E-state index is 0.837. The summed E-state index contributed by atoms with van der Waals surface area (Å²) >= 11 is 3.46. The van der Waals surface area contributed by atoms with Crippen molar-refractivity contribution in [3.8, 4) is 5.75 Å². The molecule has 1 N–H and O–H groups in total. The zero-order valence-electron chi connectivity index (χ0n) is 10.5. The van der Waals surface area contributed by atoms with Crippen molar-refractivity contribution in [2.24, 2.45) is 7.05 Å². The maximum Gasteiger partial charge on any atom is 0.122 e. The van der Waals surface area contributed by atoms with Gasteiger partial charge in [0.1, 0.15) is 11.6 Å². The molecule has 0 unspecified atom stereocenters. The van der Waals surface area contributed by atoms with E-state index in [-0.39, 0.29) is 0 Å². The van der Waals surface area contributed by atoms with Crippen LogP contribution in [0.1, 0.15) is 5.82 Å². The molecular formula is C13H16BrN3O. The quantitative estimate of drug-likeness (QED) is 0.923. The van der Waals surface area contributed by atoms with Crippen molar-refractivity contribution < 1.29 is 4.74 Å². The van der Waals surface area contributed by atoms with Crippen LogP contribution >= 0.6 is 15.9 Å². The van der Waals surface area contributed by atoms with Crippen LogP contribution in [-0.2, 0) is 13.5 Å². The van der Waals surface area contributed by atoms with Gasteiger partial charge in [-0.15, -0.1) is 0 Å². The number of anilines is 1. The summed E-state index contributed by atoms with van der Waals surface area (Å²) in [6.07, 6.45) is 4.66. The summed E-state index contributed by atoms with van der Waals surface area (Å²) in [5.41, 5.74) is 1.04. The van der Waals surface area contributed by atoms with Gasteiger partial charge in [0.25, 0.3) is 0 Å². The maximum atomic E-state index is 5.22. The number of imidazole rings is 1. The van der Waals surface area contributed by atoms with Gasteiger partial charge in [0, 0.05) is 48.6 Å². The van der Waals surface area contributed by atoms with Crippen molar-refractivity contribution >= 4 is 21.6 Å². The number of nitrogens with one attached hydrogen (secondary N) is 1. The summed E-state index contributed by atoms with van der Waals surface area (Å²) in [6.45, 7) is 0.838. The van der Waals surface area contributed by atoms with Gasteiger partial charge in [0.15, 0.2) is 0 Å². The number of rotatable bonds is 5. The molecule has 0 bridgehead atoms. The number of aryl methyl sites for hydroxylation is 1. The van der Waals surface area contributed by atoms with E-state index in [1.54, 1.807) is 7.11 Å². The third-order valence-electron chi connectivity index (χ3n) is 2.71. The van der Waals surface area contributed by atoms with E-state index in [1.165, 1.54) is 0 Å². The Morgan fingerprint density at radius 2 is 2.22 bits per heavy atom. The fraction of sp³-hybridized carbons (Fsp3) is 0.308. The highest BCUT2D eigenvalue weighted by Gasteiger charge is 2.01. The van der Waals surface area contributed by atoms with Gasteiger partial charge in [-0.25, -0.2) is 4.98 Å². The van der Waals surface area contributed by atoms with Crippen LogP contribution in [0.25, 0.3) is 0 Å². The molecule has 4 nitrogen and oxygen atoms in total. The molecule has 0 saturated carbocycles. The molecule has 18 heavy (non-hydrogen) atoms. The number of aromatic nitrogens is 2. The molecule has 2 rings (SSSR count). The SMILES string of the molecule is COc1cc(Br)cc(NCCc2nccn2C)c1. The smallest absolute Gasteiger partial charge is 0.122 e. The van der Waals surface area contributed by atoms with Crippen molar-refractivity contribution in [3.05, 3.63) is 40.9 Å². The van der Waals surface area contributed by atoms with E-state index in [2.05, 4.69) is 26.2 Å². The zero-order valence-corrected chi connectivity index (χ0v) is 12.1. The monoisotopic (exact) mass is 309 g/mol. The number of halogens is 1. The number of benzene rings is 1. The minimum Gasteiger partial charge on any atom is -0.497 e. The summed E-state index contributed by atoms with van der Waals surface area (Å²) in [4.78, 5) is 4.29. The molecule has 5 heteroatoms. The second kappa shape index (κ2) is 5.91. The molecule has 1 heterocycles. The molecule has 0 aliphatic carbocycles. The summed E-state index contributed by atoms with van der Waals surface area (Å²) in [7, 11) is 3.67. The van der Waals surface area contributed by atoms with Crippen molar-refractivity contribution in [1.82, 2.24) is 9.55 Å². The molecule has 0 spiro atoms. The fourth-order valence-corrected chi connectivity index (χ4v) is 2.21. The zero-order chi connectivity index (χ0) is 13.0. The molecule has 0 amide bonds. The molecule has 0 aliphatic rings. The number of hydrogen-bond donors (Lipinski definition) is 1. The van der Waals surface area contributed by atoms with Crippen LogP contribution in [0.5, 0.6) is 5.75 Å². The van der Waals surface area contributed by atoms with E-state index in [0.717, 1.165) is 34.7 Å². The summed E-state index contributed by atoms with van der Waals surface area (Å²) < 4.78 is 8.25. The van der Waals surface area contributed by atoms with Crippen LogP contribution in [0.15, 0.2) is 35.1 Å². The van der Waals surface area contributed by atoms with E-state index in [1.807, 2.05) is 42.2 Å². The highest BCUT2D eigenvalue weighted by atomic mass is 79.9. The topological polar surface area (TPSA) is 39.1 Å². The van der Waals surface area contributed by atoms with Crippen molar-refractivity contribution in [2.75, 3.05) is 19.0 Å². The predicted octanol–water partition coefficient (Wildman–Crippen LogP) is 2.85. The molecule has 96 valence electrons. The van der Waals surface area contributed by atoms with Crippen LogP contribution in [0.4, 0.5) is 5.69 Å². The molecule has 0 saturated heterocycles. The first-order chi connectivity index (χ1) is 8.69. The minimum atomic E-state index is 0.837. The Morgan fingerprint density at radius 1 is 1.39 bits per heavy atom. The highest BCUT2D eigenvalue weighted by molar-refractivity contribution is 9.10. The Labute approximate surface area is 115 Å². The van der Waals surface area contributed by atoms with E-state index < -0.39 is 0 Å². The van der Waals surface area contributed by atoms with Crippen molar-refractivity contribution in [3.63, 3.8) is 0 Å². The molecule has 2 aromatic rings. The van der Waals surface area contributed by atoms with E-state index in [0.29, 0.717) is 0 Å². The fourth-order valence-electron chi connectivity index (χ4n) is 1.74. The highest BCUT2D eigenvalue weighted by Crippen LogP contribution is 2.24. The summed E-state index contributed by atoms with van der Waals surface area (Å²) in [6, 6.07) is 5.94. The standard InChI is InChI=1S/C13H16BrN3O/c1-17-6-5-16-13(17)3-4-15-11-7-10(14)8-12(9-11)18-2/h5-9,15H,3-4H2,1-2H3. The van der Waals surface area contributed by atoms with E-state index in [9.17, 15) is 0 Å². The van der Waals surface area contributed by atoms with E-state index >= 15 is 0 Å². The van der Waals surface area contributed by atoms with Gasteiger partial charge < -0.3 is 14.6 Å². The second-order valence-electron chi connectivity index (χ2n) is 4.01. The lowest BCUT2D eigenvalue weighted by Gasteiger charge is -2.09. The Bertz CT molecular complexity index is 525. The Balaban J connectivity index is 1.94. The van der Waals surface area contributed by atoms with Gasteiger partial charge in [0.05, 0.1) is 7.11 Å². The van der Waals surface area contributed by atoms with Crippen LogP contribution in [0, 0.1) is 0 Å². The van der Waals surface area contributed by atoms with Crippen LogP contribution in [-0.4, -0.2) is 23.2 Å². The van der Waals surface area contributed by atoms with Gasteiger partial charge in [-0.1, -0.05) is 15.9 Å². The molecule has 1 aromatic carbocycles. The first-order valence-electron chi connectivity index (χ1n) is 5.73. The number of nitrogens with zero attached hydrogens (tertiary/aromatic N) is 2. The summed E-state index contributed by atoms with van der Waals surface area (Å²) in [5.74, 6) is 1.91. The Kier molecular flexibility index (Phi) is 4.25. The van der Waals surface area contributed by atoms with Gasteiger partial charge in [-0.05, 0) is 12.1 Å². The van der Waals surface area contributed by atoms with Gasteiger partial charge >= 0.3 is 0 Å². The average Bonchev–Trinajstić information content (AvgIpc) is 2.74. The van der Waals surface area contributed by atoms with Crippen molar-refractivity contribution in [2.45, 2.75) is 6.42 Å². The molecule has 0 aliphatic heterocycles. The molecule has 0 radical (unpaired) electrons. The Morgan fingerprint density at radius 3 is 2.89 bits per heavy atom. The van der Waals surface area contributed by atoms with Crippen LogP contribution < -0.4 is 10.1 Å². The number of hydrogen-bond acceptors (Lipinski definition) is 3. The maximum absolute atomic E-state index is 5.22. The predicted molar refractivity (Wildman–Crippen MR) is 76.1 cm³/mol. The van der Waals surface area contributed by atoms with Gasteiger partial charge in [-0.2, -0.15) is 0 Å². The lowest BCUT2D eigenvalue weighted by atomic mass is 10.3. The molecule has 0 atom stereocenters. The first kappa shape index (κ1) is 13.0. The number of methoxy groups -OCH3 is 1.